The van der Waals surface area contributed by atoms with Crippen molar-refractivity contribution in [3.05, 3.63) is 97.2 Å². The summed E-state index contributed by atoms with van der Waals surface area (Å²) in [6.07, 6.45) is 97.2. The van der Waals surface area contributed by atoms with Crippen LogP contribution in [-0.4, -0.2) is 73.4 Å². The van der Waals surface area contributed by atoms with Gasteiger partial charge in [0.2, 0.25) is 5.91 Å². The van der Waals surface area contributed by atoms with Crippen molar-refractivity contribution in [2.24, 2.45) is 0 Å². The molecule has 500 valence electrons. The fourth-order valence-corrected chi connectivity index (χ4v) is 11.4. The molecule has 0 saturated heterocycles. The Hall–Kier alpha value is -2.58. The van der Waals surface area contributed by atoms with Gasteiger partial charge in [-0.05, 0) is 89.9 Å². The molecule has 8 nitrogen and oxygen atoms in total. The second kappa shape index (κ2) is 66.8. The number of allylic oxidation sites excluding steroid dienone is 15. The molecule has 0 aliphatic heterocycles. The maximum Gasteiger partial charge on any atom is 0.472 e. The summed E-state index contributed by atoms with van der Waals surface area (Å²) in [5, 5.41) is 14.0. The fourth-order valence-electron chi connectivity index (χ4n) is 10.6. The second-order valence-electron chi connectivity index (χ2n) is 25.9. The summed E-state index contributed by atoms with van der Waals surface area (Å²) in [7, 11) is 1.55. The lowest BCUT2D eigenvalue weighted by atomic mass is 10.0. The molecule has 0 heterocycles. The number of carbonyl (C=O) groups excluding carboxylic acids is 1. The van der Waals surface area contributed by atoms with Crippen molar-refractivity contribution >= 4 is 13.7 Å². The van der Waals surface area contributed by atoms with Gasteiger partial charge >= 0.3 is 7.82 Å². The third kappa shape index (κ3) is 68.9. The number of rotatable bonds is 67. The standard InChI is InChI=1S/C77H141N2O6P/c1-6-8-10-12-14-16-18-20-22-24-26-28-30-32-34-36-37-38-39-40-41-43-45-47-49-51-53-55-57-59-61-63-65-67-69-71-77(81)78-75(74-85-86(82,83)84-73-72-79(3,4)5)76(80)70-68-66-64-62-60-58-56-54-52-50-48-46-44-42-35-33-31-29-27-25-23-21-19-17-15-13-11-9-7-2/h8,10,14,16,20,22,26,28,32,34,52,54,60,62,68,70,75-76,80H,6-7,9,11-13,15,17-19,21,23-25,27,29-31,33,35-51,53,55-59,61,63-67,69,71-74H2,1-5H3,(H-,78,81,82,83)/p+1/b10-8-,16-14-,22-20-,28-26-,34-32-,54-52+,62-60+,70-68+. The van der Waals surface area contributed by atoms with Gasteiger partial charge in [0.1, 0.15) is 13.2 Å². The summed E-state index contributed by atoms with van der Waals surface area (Å²) in [5.74, 6) is -0.188. The van der Waals surface area contributed by atoms with E-state index < -0.39 is 20.0 Å². The number of nitrogens with zero attached hydrogens (tertiary/aromatic N) is 1. The van der Waals surface area contributed by atoms with Crippen LogP contribution in [-0.2, 0) is 18.4 Å². The molecule has 0 aliphatic rings. The molecule has 0 aromatic carbocycles. The Balaban J connectivity index is 4.08. The second-order valence-corrected chi connectivity index (χ2v) is 27.4. The van der Waals surface area contributed by atoms with Gasteiger partial charge in [-0.15, -0.1) is 0 Å². The fraction of sp³-hybridized carbons (Fsp3) is 0.779. The summed E-state index contributed by atoms with van der Waals surface area (Å²) in [5.41, 5.74) is 0. The topological polar surface area (TPSA) is 105 Å². The number of hydrogen-bond acceptors (Lipinski definition) is 5. The van der Waals surface area contributed by atoms with Crippen molar-refractivity contribution in [3.8, 4) is 0 Å². The molecule has 3 N–H and O–H groups in total. The number of quaternary nitrogens is 1. The normalized spacial score (nSPS) is 14.2. The van der Waals surface area contributed by atoms with E-state index in [1.807, 2.05) is 27.2 Å². The van der Waals surface area contributed by atoms with E-state index in [0.717, 1.165) is 77.0 Å². The zero-order valence-corrected chi connectivity index (χ0v) is 58.2. The van der Waals surface area contributed by atoms with Gasteiger partial charge < -0.3 is 19.8 Å². The lowest BCUT2D eigenvalue weighted by Gasteiger charge is -2.25. The number of nitrogens with one attached hydrogen (secondary N) is 1. The van der Waals surface area contributed by atoms with Gasteiger partial charge in [0.25, 0.3) is 0 Å². The van der Waals surface area contributed by atoms with Crippen LogP contribution in [0.25, 0.3) is 0 Å². The highest BCUT2D eigenvalue weighted by Crippen LogP contribution is 2.43. The molecule has 0 radical (unpaired) electrons. The van der Waals surface area contributed by atoms with Crippen LogP contribution in [0.15, 0.2) is 97.2 Å². The number of phosphoric acid groups is 1. The first kappa shape index (κ1) is 83.4. The number of hydrogen-bond donors (Lipinski definition) is 3. The van der Waals surface area contributed by atoms with Crippen molar-refractivity contribution in [2.75, 3.05) is 40.9 Å². The minimum atomic E-state index is -4.37. The number of aliphatic hydroxyl groups excluding tert-OH is 1. The predicted octanol–water partition coefficient (Wildman–Crippen LogP) is 23.7. The molecule has 86 heavy (non-hydrogen) atoms. The molecular formula is C77H142N2O6P+. The van der Waals surface area contributed by atoms with Gasteiger partial charge in [-0.25, -0.2) is 4.57 Å². The number of carbonyl (C=O) groups is 1. The maximum absolute atomic E-state index is 13.1. The van der Waals surface area contributed by atoms with E-state index in [-0.39, 0.29) is 19.1 Å². The van der Waals surface area contributed by atoms with Crippen molar-refractivity contribution in [3.63, 3.8) is 0 Å². The van der Waals surface area contributed by atoms with Crippen LogP contribution in [0.1, 0.15) is 335 Å². The molecule has 3 atom stereocenters. The number of unbranched alkanes of at least 4 members (excludes halogenated alkanes) is 40. The van der Waals surface area contributed by atoms with Crippen LogP contribution in [0.3, 0.4) is 0 Å². The van der Waals surface area contributed by atoms with Crippen LogP contribution in [0, 0.1) is 0 Å². The number of phosphoric ester groups is 1. The average molecular weight is 1220 g/mol. The molecule has 3 unspecified atom stereocenters. The third-order valence-corrected chi connectivity index (χ3v) is 17.2. The van der Waals surface area contributed by atoms with Gasteiger partial charge in [0.15, 0.2) is 0 Å². The molecule has 0 fully saturated rings. The Kier molecular flexibility index (Phi) is 64.8. The van der Waals surface area contributed by atoms with Crippen LogP contribution in [0.4, 0.5) is 0 Å². The number of aliphatic hydroxyl groups is 1. The summed E-state index contributed by atoms with van der Waals surface area (Å²) in [4.78, 5) is 23.4. The Morgan fingerprint density at radius 1 is 0.407 bits per heavy atom. The van der Waals surface area contributed by atoms with E-state index in [1.54, 1.807) is 6.08 Å². The number of likely N-dealkylation sites (N-methyl/N-ethyl adjacent to an activating group) is 1. The van der Waals surface area contributed by atoms with E-state index in [0.29, 0.717) is 17.4 Å². The van der Waals surface area contributed by atoms with Crippen molar-refractivity contribution in [2.45, 2.75) is 347 Å². The van der Waals surface area contributed by atoms with Gasteiger partial charge in [-0.3, -0.25) is 13.8 Å². The summed E-state index contributed by atoms with van der Waals surface area (Å²) >= 11 is 0. The van der Waals surface area contributed by atoms with Crippen molar-refractivity contribution in [1.29, 1.82) is 0 Å². The molecule has 0 aromatic heterocycles. The SMILES string of the molecule is CC/C=C\C/C=C\C/C=C\C/C=C\C/C=C\CCCCCCCCCCCCCCCCCCCCCC(=O)NC(COP(=O)(O)OCC[N+](C)(C)C)C(O)/C=C/CC/C=C/CC/C=C/CCCCCCCCCCCCCCCCCCCCC. The van der Waals surface area contributed by atoms with Crippen LogP contribution in [0.5, 0.6) is 0 Å². The molecule has 0 rings (SSSR count). The minimum Gasteiger partial charge on any atom is -0.387 e. The van der Waals surface area contributed by atoms with Crippen molar-refractivity contribution < 1.29 is 32.9 Å². The lowest BCUT2D eigenvalue weighted by Crippen LogP contribution is -2.45. The zero-order chi connectivity index (χ0) is 62.6. The highest BCUT2D eigenvalue weighted by Gasteiger charge is 2.28. The van der Waals surface area contributed by atoms with E-state index >= 15 is 0 Å². The van der Waals surface area contributed by atoms with Crippen molar-refractivity contribution in [1.82, 2.24) is 5.32 Å². The highest BCUT2D eigenvalue weighted by atomic mass is 31.2. The molecular weight excluding hydrogens is 1080 g/mol. The average Bonchev–Trinajstić information content (AvgIpc) is 3.70. The first-order valence-corrected chi connectivity index (χ1v) is 38.1. The monoisotopic (exact) mass is 1220 g/mol. The Labute approximate surface area is 534 Å². The molecule has 9 heteroatoms. The van der Waals surface area contributed by atoms with E-state index in [2.05, 4.69) is 104 Å². The lowest BCUT2D eigenvalue weighted by molar-refractivity contribution is -0.870. The Morgan fingerprint density at radius 2 is 0.709 bits per heavy atom. The molecule has 1 amide bonds. The first-order valence-electron chi connectivity index (χ1n) is 36.6. The van der Waals surface area contributed by atoms with Gasteiger partial charge in [0.05, 0.1) is 39.9 Å². The summed E-state index contributed by atoms with van der Waals surface area (Å²) in [6, 6.07) is -0.875. The highest BCUT2D eigenvalue weighted by molar-refractivity contribution is 7.47. The third-order valence-electron chi connectivity index (χ3n) is 16.3. The van der Waals surface area contributed by atoms with E-state index in [9.17, 15) is 19.4 Å². The van der Waals surface area contributed by atoms with Crippen LogP contribution >= 0.6 is 7.82 Å². The molecule has 0 spiro atoms. The summed E-state index contributed by atoms with van der Waals surface area (Å²) < 4.78 is 23.8. The van der Waals surface area contributed by atoms with Crippen LogP contribution in [0.2, 0.25) is 0 Å². The minimum absolute atomic E-state index is 0.0516. The molecule has 0 aliphatic carbocycles. The van der Waals surface area contributed by atoms with Gasteiger partial charge in [-0.2, -0.15) is 0 Å². The van der Waals surface area contributed by atoms with E-state index in [4.69, 9.17) is 9.05 Å². The van der Waals surface area contributed by atoms with E-state index in [1.165, 1.54) is 238 Å². The molecule has 0 aromatic rings. The van der Waals surface area contributed by atoms with Gasteiger partial charge in [-0.1, -0.05) is 336 Å². The zero-order valence-electron chi connectivity index (χ0n) is 57.3. The molecule has 0 saturated carbocycles. The van der Waals surface area contributed by atoms with Crippen LogP contribution < -0.4 is 5.32 Å². The first-order chi connectivity index (χ1) is 42.0. The Morgan fingerprint density at radius 3 is 1.07 bits per heavy atom. The largest absolute Gasteiger partial charge is 0.472 e. The predicted molar refractivity (Wildman–Crippen MR) is 378 cm³/mol. The summed E-state index contributed by atoms with van der Waals surface area (Å²) in [6.45, 7) is 4.71. The Bertz CT molecular complexity index is 1730. The molecule has 0 bridgehead atoms. The maximum atomic E-state index is 13.1. The van der Waals surface area contributed by atoms with Gasteiger partial charge in [0, 0.05) is 6.42 Å². The smallest absolute Gasteiger partial charge is 0.387 e. The quantitative estimate of drug-likeness (QED) is 0.0243. The number of amides is 1.